The summed E-state index contributed by atoms with van der Waals surface area (Å²) in [5.41, 5.74) is 5.36. The van der Waals surface area contributed by atoms with Crippen LogP contribution in [0.3, 0.4) is 0 Å². The van der Waals surface area contributed by atoms with Gasteiger partial charge in [0.15, 0.2) is 0 Å². The van der Waals surface area contributed by atoms with Crippen LogP contribution in [-0.4, -0.2) is 15.9 Å². The molecule has 0 aliphatic heterocycles. The maximum absolute atomic E-state index is 13.1. The highest BCUT2D eigenvalue weighted by atomic mass is 35.5. The lowest BCUT2D eigenvalue weighted by Gasteiger charge is -2.13. The molecule has 4 nitrogen and oxygen atoms in total. The Labute approximate surface area is 170 Å². The number of fused-ring (bicyclic) bond motifs is 5. The molecule has 6 heteroatoms. The number of pyridine rings is 1. The van der Waals surface area contributed by atoms with E-state index in [1.54, 1.807) is 24.3 Å². The largest absolute Gasteiger partial charge is 0.506 e. The number of halogens is 2. The summed E-state index contributed by atoms with van der Waals surface area (Å²) in [6, 6.07) is 12.7. The SMILES string of the molecule is CCc1ccc(-c2ccc(Cl)nc2Cl)cc1C1=C(O)c2c(c3ccc2o3)C1=O. The quantitative estimate of drug-likeness (QED) is 0.396. The van der Waals surface area contributed by atoms with E-state index in [0.29, 0.717) is 50.6 Å². The van der Waals surface area contributed by atoms with Gasteiger partial charge >= 0.3 is 0 Å². The number of ketones is 1. The van der Waals surface area contributed by atoms with Crippen molar-refractivity contribution >= 4 is 51.5 Å². The number of aromatic nitrogens is 1. The van der Waals surface area contributed by atoms with Crippen LogP contribution in [0.1, 0.15) is 34.0 Å². The molecule has 0 fully saturated rings. The highest BCUT2D eigenvalue weighted by Crippen LogP contribution is 2.45. The summed E-state index contributed by atoms with van der Waals surface area (Å²) in [6.45, 7) is 2.01. The number of hydrogen-bond donors (Lipinski definition) is 1. The first-order valence-corrected chi connectivity index (χ1v) is 9.54. The number of aliphatic hydroxyl groups excluding tert-OH is 1. The summed E-state index contributed by atoms with van der Waals surface area (Å²) in [7, 11) is 0. The molecule has 5 rings (SSSR count). The lowest BCUT2D eigenvalue weighted by Crippen LogP contribution is -2.02. The Morgan fingerprint density at radius 2 is 1.75 bits per heavy atom. The zero-order valence-corrected chi connectivity index (χ0v) is 16.2. The summed E-state index contributed by atoms with van der Waals surface area (Å²) in [4.78, 5) is 17.2. The van der Waals surface area contributed by atoms with Gasteiger partial charge in [0.1, 0.15) is 27.2 Å². The summed E-state index contributed by atoms with van der Waals surface area (Å²) in [5, 5.41) is 11.5. The number of furan rings is 2. The van der Waals surface area contributed by atoms with Crippen molar-refractivity contribution in [2.24, 2.45) is 0 Å². The molecule has 0 atom stereocenters. The van der Waals surface area contributed by atoms with E-state index in [2.05, 4.69) is 4.98 Å². The molecule has 0 spiro atoms. The monoisotopic (exact) mass is 409 g/mol. The number of carbonyl (C=O) groups excluding carboxylic acids is 1. The van der Waals surface area contributed by atoms with Crippen molar-refractivity contribution < 1.29 is 14.3 Å². The van der Waals surface area contributed by atoms with Crippen LogP contribution in [0.25, 0.3) is 33.6 Å². The second kappa shape index (κ2) is 6.09. The fraction of sp³-hybridized carbons (Fsp3) is 0.0909. The van der Waals surface area contributed by atoms with Gasteiger partial charge in [0.2, 0.25) is 5.78 Å². The lowest BCUT2D eigenvalue weighted by atomic mass is 9.92. The van der Waals surface area contributed by atoms with E-state index < -0.39 is 0 Å². The Morgan fingerprint density at radius 1 is 1.00 bits per heavy atom. The van der Waals surface area contributed by atoms with Crippen LogP contribution in [0.15, 0.2) is 46.9 Å². The Kier molecular flexibility index (Phi) is 3.76. The van der Waals surface area contributed by atoms with Crippen LogP contribution < -0.4 is 0 Å². The van der Waals surface area contributed by atoms with E-state index in [-0.39, 0.29) is 16.7 Å². The number of allylic oxidation sites excluding steroid dienone is 1. The average Bonchev–Trinajstić information content (AvgIpc) is 3.35. The van der Waals surface area contributed by atoms with Crippen molar-refractivity contribution in [1.29, 1.82) is 0 Å². The van der Waals surface area contributed by atoms with Crippen LogP contribution in [0.2, 0.25) is 10.3 Å². The number of rotatable bonds is 3. The van der Waals surface area contributed by atoms with Crippen molar-refractivity contribution in [3.8, 4) is 11.1 Å². The first kappa shape index (κ1) is 17.3. The van der Waals surface area contributed by atoms with Crippen LogP contribution in [-0.2, 0) is 6.42 Å². The molecular formula is C22H13Cl2NO3. The molecule has 1 aromatic carbocycles. The molecule has 4 aromatic rings. The van der Waals surface area contributed by atoms with E-state index in [1.165, 1.54) is 0 Å². The molecule has 0 radical (unpaired) electrons. The minimum Gasteiger partial charge on any atom is -0.506 e. The van der Waals surface area contributed by atoms with E-state index in [9.17, 15) is 9.90 Å². The fourth-order valence-electron chi connectivity index (χ4n) is 3.83. The predicted octanol–water partition coefficient (Wildman–Crippen LogP) is 6.42. The van der Waals surface area contributed by atoms with Crippen LogP contribution >= 0.6 is 23.2 Å². The van der Waals surface area contributed by atoms with Gasteiger partial charge in [0.05, 0.1) is 16.7 Å². The van der Waals surface area contributed by atoms with Gasteiger partial charge in [-0.15, -0.1) is 0 Å². The van der Waals surface area contributed by atoms with Crippen LogP contribution in [0, 0.1) is 0 Å². The van der Waals surface area contributed by atoms with Gasteiger partial charge in [-0.2, -0.15) is 0 Å². The molecule has 0 saturated heterocycles. The maximum atomic E-state index is 13.1. The van der Waals surface area contributed by atoms with Gasteiger partial charge in [-0.25, -0.2) is 4.98 Å². The molecule has 0 saturated carbocycles. The molecule has 3 aromatic heterocycles. The number of Topliss-reactive ketones (excluding diaryl/α,β-unsaturated/α-hetero) is 1. The van der Waals surface area contributed by atoms with Crippen molar-refractivity contribution in [2.45, 2.75) is 13.3 Å². The Hall–Kier alpha value is -2.82. The van der Waals surface area contributed by atoms with E-state index >= 15 is 0 Å². The van der Waals surface area contributed by atoms with Crippen LogP contribution in [0.4, 0.5) is 0 Å². The molecule has 1 aliphatic carbocycles. The topological polar surface area (TPSA) is 63.3 Å². The number of hydrogen-bond acceptors (Lipinski definition) is 4. The second-order valence-corrected chi connectivity index (χ2v) is 7.41. The molecule has 3 heterocycles. The third kappa shape index (κ3) is 2.32. The van der Waals surface area contributed by atoms with Gasteiger partial charge in [-0.1, -0.05) is 42.3 Å². The number of benzene rings is 2. The zero-order valence-electron chi connectivity index (χ0n) is 14.7. The Morgan fingerprint density at radius 3 is 2.43 bits per heavy atom. The highest BCUT2D eigenvalue weighted by Gasteiger charge is 2.37. The first-order valence-electron chi connectivity index (χ1n) is 8.78. The molecular weight excluding hydrogens is 397 g/mol. The maximum Gasteiger partial charge on any atom is 0.202 e. The molecule has 138 valence electrons. The third-order valence-electron chi connectivity index (χ3n) is 5.16. The Bertz CT molecular complexity index is 1300. The predicted molar refractivity (Wildman–Crippen MR) is 110 cm³/mol. The molecule has 1 aliphatic rings. The normalized spacial score (nSPS) is 13.8. The van der Waals surface area contributed by atoms with Gasteiger partial charge in [-0.05, 0) is 53.4 Å². The minimum absolute atomic E-state index is 0.0403. The summed E-state index contributed by atoms with van der Waals surface area (Å²) in [6.07, 6.45) is 0.707. The van der Waals surface area contributed by atoms with Crippen LogP contribution in [0.5, 0.6) is 0 Å². The smallest absolute Gasteiger partial charge is 0.202 e. The molecule has 0 amide bonds. The van der Waals surface area contributed by atoms with E-state index in [4.69, 9.17) is 27.6 Å². The van der Waals surface area contributed by atoms with E-state index in [0.717, 1.165) is 11.1 Å². The van der Waals surface area contributed by atoms with Gasteiger partial charge < -0.3 is 9.52 Å². The number of aliphatic hydroxyl groups is 1. The zero-order chi connectivity index (χ0) is 19.6. The van der Waals surface area contributed by atoms with Crippen molar-refractivity contribution in [1.82, 2.24) is 4.98 Å². The number of carbonyl (C=O) groups is 1. The summed E-state index contributed by atoms with van der Waals surface area (Å²) < 4.78 is 5.54. The first-order chi connectivity index (χ1) is 13.5. The molecule has 28 heavy (non-hydrogen) atoms. The lowest BCUT2D eigenvalue weighted by molar-refractivity contribution is 0.106. The van der Waals surface area contributed by atoms with Crippen molar-refractivity contribution in [3.05, 3.63) is 75.0 Å². The summed E-state index contributed by atoms with van der Waals surface area (Å²) >= 11 is 12.2. The second-order valence-electron chi connectivity index (χ2n) is 6.66. The summed E-state index contributed by atoms with van der Waals surface area (Å²) in [5.74, 6) is -0.268. The van der Waals surface area contributed by atoms with E-state index in [1.807, 2.05) is 25.1 Å². The van der Waals surface area contributed by atoms with Gasteiger partial charge in [0.25, 0.3) is 0 Å². The third-order valence-corrected chi connectivity index (χ3v) is 5.66. The molecule has 1 N–H and O–H groups in total. The number of nitrogens with zero attached hydrogens (tertiary/aromatic N) is 1. The molecule has 2 bridgehead atoms. The van der Waals surface area contributed by atoms with Gasteiger partial charge in [0, 0.05) is 5.56 Å². The highest BCUT2D eigenvalue weighted by molar-refractivity contribution is 6.42. The average molecular weight is 410 g/mol. The van der Waals surface area contributed by atoms with Crippen molar-refractivity contribution in [3.63, 3.8) is 0 Å². The standard InChI is InChI=1S/C22H13Cl2NO3/c1-2-10-3-4-11(12-5-8-16(23)25-22(12)24)9-13(10)17-20(26)18-14-6-7-15(28-14)19(18)21(17)27/h3-9,26H,2H2,1H3. The fourth-order valence-corrected chi connectivity index (χ4v) is 4.29. The van der Waals surface area contributed by atoms with Crippen molar-refractivity contribution in [2.75, 3.05) is 0 Å². The molecule has 0 unspecified atom stereocenters. The van der Waals surface area contributed by atoms with Gasteiger partial charge in [-0.3, -0.25) is 4.79 Å². The number of aryl methyl sites for hydroxylation is 1. The minimum atomic E-state index is -0.228. The Balaban J connectivity index is 1.72.